The first kappa shape index (κ1) is 57.2. The minimum absolute atomic E-state index is 0.000480. The molecule has 7 amide bonds. The average molecular weight is 992 g/mol. The summed E-state index contributed by atoms with van der Waals surface area (Å²) in [6.45, 7) is 15.7. The fraction of sp³-hybridized carbons (Fsp3) is 0.615. The summed E-state index contributed by atoms with van der Waals surface area (Å²) < 4.78 is 21.3. The molecule has 2 fully saturated rings. The van der Waals surface area contributed by atoms with Crippen molar-refractivity contribution >= 4 is 47.9 Å². The molecule has 19 nitrogen and oxygen atoms in total. The van der Waals surface area contributed by atoms with Crippen molar-refractivity contribution in [1.82, 2.24) is 36.8 Å². The van der Waals surface area contributed by atoms with Gasteiger partial charge in [0.05, 0.1) is 7.11 Å². The number of likely N-dealkylation sites (tertiary alicyclic amines) is 1. The Bertz CT molecular complexity index is 2120. The van der Waals surface area contributed by atoms with Gasteiger partial charge in [-0.2, -0.15) is 0 Å². The highest BCUT2D eigenvalue weighted by atomic mass is 16.6. The molecular weight excluding hydrogens is 915 g/mol. The molecule has 6 N–H and O–H groups in total. The van der Waals surface area contributed by atoms with Gasteiger partial charge in [-0.15, -0.1) is 0 Å². The molecule has 0 radical (unpaired) electrons. The highest BCUT2D eigenvalue weighted by Crippen LogP contribution is 2.34. The summed E-state index contributed by atoms with van der Waals surface area (Å²) in [7, 11) is 1.21. The molecule has 71 heavy (non-hydrogen) atoms. The summed E-state index contributed by atoms with van der Waals surface area (Å²) in [6, 6.07) is 13.6. The lowest BCUT2D eigenvalue weighted by atomic mass is 9.87. The molecule has 0 bridgehead atoms. The monoisotopic (exact) mass is 992 g/mol. The summed E-state index contributed by atoms with van der Waals surface area (Å²) in [5, 5.41) is 16.7. The summed E-state index contributed by atoms with van der Waals surface area (Å²) in [4.78, 5) is 111. The number of hydrogen-bond donors (Lipinski definition) is 6. The van der Waals surface area contributed by atoms with Gasteiger partial charge in [0.25, 0.3) is 0 Å². The lowest BCUT2D eigenvalue weighted by Crippen LogP contribution is -2.63. The van der Waals surface area contributed by atoms with Gasteiger partial charge >= 0.3 is 24.2 Å². The van der Waals surface area contributed by atoms with Crippen molar-refractivity contribution in [3.05, 3.63) is 71.8 Å². The second-order valence-corrected chi connectivity index (χ2v) is 21.4. The molecule has 4 rings (SSSR count). The van der Waals surface area contributed by atoms with Crippen LogP contribution in [0.5, 0.6) is 0 Å². The van der Waals surface area contributed by atoms with Crippen molar-refractivity contribution in [1.29, 1.82) is 0 Å². The Morgan fingerprint density at radius 2 is 1.04 bits per heavy atom. The Labute approximate surface area is 418 Å². The van der Waals surface area contributed by atoms with Crippen LogP contribution in [0.4, 0.5) is 14.4 Å². The molecule has 2 aliphatic rings. The van der Waals surface area contributed by atoms with Crippen molar-refractivity contribution in [3.63, 3.8) is 0 Å². The molecule has 2 aromatic rings. The molecule has 1 heterocycles. The molecule has 1 aliphatic heterocycles. The van der Waals surface area contributed by atoms with Gasteiger partial charge in [0.15, 0.2) is 0 Å². The predicted octanol–water partition coefficient (Wildman–Crippen LogP) is 5.37. The molecule has 4 atom stereocenters. The van der Waals surface area contributed by atoms with Gasteiger partial charge in [0, 0.05) is 32.5 Å². The standard InChI is InChI=1S/C52H77N7O12/c1-49(2,3)69-46(65)53-28-18-17-23-37(44(63)59-29-26-52(27-30-59,45(64)68-10)58-48(67)71-51(7,8)9)54-41(60)39(33-36-24-25-36)55-42(61)38(31-34-19-13-11-14-20-34)56-43(62)40(32-35-21-15-12-16-22-35)57-47(66)70-50(4,5)6/h11-16,19-22,36-40H,17-18,23-33H2,1-10H3,(H,53,65)(H,54,60)(H,55,61)(H,56,62)(H,57,66)(H,58,67). The van der Waals surface area contributed by atoms with E-state index < -0.39 is 94.4 Å². The number of rotatable bonds is 21. The molecule has 2 aromatic carbocycles. The normalized spacial score (nSPS) is 16.3. The van der Waals surface area contributed by atoms with Crippen molar-refractivity contribution in [2.24, 2.45) is 5.92 Å². The van der Waals surface area contributed by atoms with Gasteiger partial charge in [-0.05, 0) is 118 Å². The van der Waals surface area contributed by atoms with Crippen LogP contribution in [0.15, 0.2) is 60.7 Å². The zero-order valence-corrected chi connectivity index (χ0v) is 43.2. The van der Waals surface area contributed by atoms with Crippen molar-refractivity contribution in [2.75, 3.05) is 26.7 Å². The summed E-state index contributed by atoms with van der Waals surface area (Å²) in [5.74, 6) is -2.92. The van der Waals surface area contributed by atoms with Crippen LogP contribution in [0.25, 0.3) is 0 Å². The van der Waals surface area contributed by atoms with Gasteiger partial charge in [0.2, 0.25) is 23.6 Å². The maximum Gasteiger partial charge on any atom is 0.408 e. The number of nitrogens with zero attached hydrogens (tertiary/aromatic N) is 1. The van der Waals surface area contributed by atoms with E-state index in [4.69, 9.17) is 18.9 Å². The first-order valence-corrected chi connectivity index (χ1v) is 24.6. The molecule has 4 unspecified atom stereocenters. The van der Waals surface area contributed by atoms with E-state index in [-0.39, 0.29) is 64.1 Å². The SMILES string of the molecule is COC(=O)C1(NC(=O)OC(C)(C)C)CCN(C(=O)C(CCCCNC(=O)OC(C)(C)C)NC(=O)C(CC2CC2)NC(=O)C(Cc2ccccc2)NC(=O)C(Cc2ccccc2)NC(=O)OC(C)(C)C)CC1. The zero-order chi connectivity index (χ0) is 52.6. The maximum absolute atomic E-state index is 14.5. The van der Waals surface area contributed by atoms with Crippen LogP contribution in [0.1, 0.15) is 125 Å². The lowest BCUT2D eigenvalue weighted by Gasteiger charge is -2.41. The number of hydrogen-bond acceptors (Lipinski definition) is 12. The van der Waals surface area contributed by atoms with Crippen LogP contribution in [0.3, 0.4) is 0 Å². The van der Waals surface area contributed by atoms with Gasteiger partial charge in [0.1, 0.15) is 46.5 Å². The fourth-order valence-electron chi connectivity index (χ4n) is 7.94. The van der Waals surface area contributed by atoms with E-state index in [0.29, 0.717) is 12.8 Å². The van der Waals surface area contributed by atoms with E-state index in [1.165, 1.54) is 12.0 Å². The molecule has 0 aromatic heterocycles. The second-order valence-electron chi connectivity index (χ2n) is 21.4. The molecule has 19 heteroatoms. The number of nitrogens with one attached hydrogen (secondary N) is 6. The van der Waals surface area contributed by atoms with Crippen LogP contribution < -0.4 is 31.9 Å². The van der Waals surface area contributed by atoms with E-state index in [1.54, 1.807) is 74.4 Å². The van der Waals surface area contributed by atoms with Crippen LogP contribution in [0.2, 0.25) is 0 Å². The number of unbranched alkanes of at least 4 members (excludes halogenated alkanes) is 1. The number of alkyl carbamates (subject to hydrolysis) is 3. The number of ether oxygens (including phenoxy) is 4. The number of amides is 7. The number of methoxy groups -OCH3 is 1. The van der Waals surface area contributed by atoms with Gasteiger partial charge in [-0.25, -0.2) is 19.2 Å². The van der Waals surface area contributed by atoms with E-state index in [9.17, 15) is 38.4 Å². The Kier molecular flexibility index (Phi) is 20.6. The quantitative estimate of drug-likeness (QED) is 0.0525. The van der Waals surface area contributed by atoms with Crippen molar-refractivity contribution in [2.45, 2.75) is 173 Å². The van der Waals surface area contributed by atoms with Crippen LogP contribution in [0, 0.1) is 5.92 Å². The predicted molar refractivity (Wildman–Crippen MR) is 265 cm³/mol. The van der Waals surface area contributed by atoms with Gasteiger partial charge < -0.3 is 55.7 Å². The first-order chi connectivity index (χ1) is 33.2. The molecule has 1 saturated carbocycles. The third-order valence-corrected chi connectivity index (χ3v) is 11.6. The Morgan fingerprint density at radius 1 is 0.592 bits per heavy atom. The Morgan fingerprint density at radius 3 is 1.54 bits per heavy atom. The fourth-order valence-corrected chi connectivity index (χ4v) is 7.94. The number of carbonyl (C=O) groups excluding carboxylic acids is 8. The minimum atomic E-state index is -1.47. The smallest absolute Gasteiger partial charge is 0.408 e. The van der Waals surface area contributed by atoms with Gasteiger partial charge in [-0.3, -0.25) is 19.2 Å². The molecule has 1 saturated heterocycles. The van der Waals surface area contributed by atoms with Crippen molar-refractivity contribution in [3.8, 4) is 0 Å². The molecule has 1 aliphatic carbocycles. The number of piperidine rings is 1. The number of esters is 1. The third-order valence-electron chi connectivity index (χ3n) is 11.6. The average Bonchev–Trinajstić information content (AvgIpc) is 4.10. The molecular formula is C52H77N7O12. The topological polar surface area (TPSA) is 249 Å². The number of benzene rings is 2. The van der Waals surface area contributed by atoms with E-state index in [2.05, 4.69) is 31.9 Å². The third kappa shape index (κ3) is 20.5. The van der Waals surface area contributed by atoms with E-state index >= 15 is 0 Å². The molecule has 392 valence electrons. The van der Waals surface area contributed by atoms with Crippen LogP contribution in [-0.2, 0) is 55.8 Å². The van der Waals surface area contributed by atoms with Gasteiger partial charge in [-0.1, -0.05) is 73.5 Å². The minimum Gasteiger partial charge on any atom is -0.467 e. The highest BCUT2D eigenvalue weighted by molar-refractivity contribution is 5.96. The maximum atomic E-state index is 14.5. The van der Waals surface area contributed by atoms with Crippen LogP contribution in [-0.4, -0.2) is 126 Å². The highest BCUT2D eigenvalue weighted by Gasteiger charge is 2.46. The Balaban J connectivity index is 1.57. The van der Waals surface area contributed by atoms with Crippen molar-refractivity contribution < 1.29 is 57.3 Å². The second kappa shape index (κ2) is 25.6. The Hall–Kier alpha value is -6.40. The number of carbonyl (C=O) groups is 8. The lowest BCUT2D eigenvalue weighted by molar-refractivity contribution is -0.153. The summed E-state index contributed by atoms with van der Waals surface area (Å²) in [6.07, 6.45) is 0.825. The van der Waals surface area contributed by atoms with E-state index in [1.807, 2.05) is 48.5 Å². The largest absolute Gasteiger partial charge is 0.467 e. The zero-order valence-electron chi connectivity index (χ0n) is 43.2. The van der Waals surface area contributed by atoms with Crippen LogP contribution >= 0.6 is 0 Å². The summed E-state index contributed by atoms with van der Waals surface area (Å²) in [5.41, 5.74) is -2.39. The summed E-state index contributed by atoms with van der Waals surface area (Å²) >= 11 is 0. The first-order valence-electron chi connectivity index (χ1n) is 24.6. The van der Waals surface area contributed by atoms with E-state index in [0.717, 1.165) is 24.0 Å². The molecule has 0 spiro atoms.